The molecular formula is C15H30IN3. The summed E-state index contributed by atoms with van der Waals surface area (Å²) in [5.74, 6) is 2.83. The fraction of sp³-hybridized carbons (Fsp3) is 0.933. The van der Waals surface area contributed by atoms with Crippen molar-refractivity contribution in [2.45, 2.75) is 71.4 Å². The van der Waals surface area contributed by atoms with E-state index in [0.29, 0.717) is 12.1 Å². The summed E-state index contributed by atoms with van der Waals surface area (Å²) < 4.78 is 0. The van der Waals surface area contributed by atoms with Gasteiger partial charge < -0.3 is 10.6 Å². The SMILES string of the molecule is CCN=C(NC1CC1)NC1CCC(C(C)C)CC1.I. The first-order valence-corrected chi connectivity index (χ1v) is 7.76. The summed E-state index contributed by atoms with van der Waals surface area (Å²) in [6.45, 7) is 7.68. The summed E-state index contributed by atoms with van der Waals surface area (Å²) in [6.07, 6.45) is 7.97. The molecule has 2 saturated carbocycles. The molecule has 2 rings (SSSR count). The van der Waals surface area contributed by atoms with Gasteiger partial charge in [0.15, 0.2) is 5.96 Å². The standard InChI is InChI=1S/C15H29N3.HI/c1-4-16-15(18-14-9-10-14)17-13-7-5-12(6-8-13)11(2)3;/h11-14H,4-10H2,1-3H3,(H2,16,17,18);1H. The van der Waals surface area contributed by atoms with Gasteiger partial charge in [0.1, 0.15) is 0 Å². The Morgan fingerprint density at radius 1 is 1.00 bits per heavy atom. The molecule has 0 aromatic heterocycles. The van der Waals surface area contributed by atoms with Crippen LogP contribution < -0.4 is 10.6 Å². The van der Waals surface area contributed by atoms with Crippen LogP contribution in [-0.4, -0.2) is 24.6 Å². The van der Waals surface area contributed by atoms with Crippen LogP contribution in [0.1, 0.15) is 59.3 Å². The van der Waals surface area contributed by atoms with Gasteiger partial charge in [-0.25, -0.2) is 0 Å². The van der Waals surface area contributed by atoms with E-state index in [1.165, 1.54) is 38.5 Å². The lowest BCUT2D eigenvalue weighted by Gasteiger charge is -2.32. The summed E-state index contributed by atoms with van der Waals surface area (Å²) >= 11 is 0. The fourth-order valence-corrected chi connectivity index (χ4v) is 2.84. The van der Waals surface area contributed by atoms with Crippen molar-refractivity contribution in [3.63, 3.8) is 0 Å². The zero-order chi connectivity index (χ0) is 13.0. The molecule has 0 saturated heterocycles. The number of nitrogens with one attached hydrogen (secondary N) is 2. The van der Waals surface area contributed by atoms with E-state index < -0.39 is 0 Å². The number of rotatable bonds is 4. The molecule has 0 aliphatic heterocycles. The monoisotopic (exact) mass is 379 g/mol. The highest BCUT2D eigenvalue weighted by atomic mass is 127. The predicted octanol–water partition coefficient (Wildman–Crippen LogP) is 3.54. The third-order valence-electron chi connectivity index (χ3n) is 4.29. The number of nitrogens with zero attached hydrogens (tertiary/aromatic N) is 1. The van der Waals surface area contributed by atoms with Gasteiger partial charge in [0.05, 0.1) is 0 Å². The van der Waals surface area contributed by atoms with Gasteiger partial charge in [-0.2, -0.15) is 0 Å². The van der Waals surface area contributed by atoms with Gasteiger partial charge >= 0.3 is 0 Å². The summed E-state index contributed by atoms with van der Waals surface area (Å²) in [6, 6.07) is 1.33. The molecule has 0 amide bonds. The second-order valence-corrected chi connectivity index (χ2v) is 6.24. The molecule has 0 radical (unpaired) electrons. The fourth-order valence-electron chi connectivity index (χ4n) is 2.84. The normalized spacial score (nSPS) is 27.9. The highest BCUT2D eigenvalue weighted by Gasteiger charge is 2.26. The average molecular weight is 379 g/mol. The van der Waals surface area contributed by atoms with Crippen molar-refractivity contribution in [2.24, 2.45) is 16.8 Å². The van der Waals surface area contributed by atoms with Crippen LogP contribution >= 0.6 is 24.0 Å². The summed E-state index contributed by atoms with van der Waals surface area (Å²) in [5, 5.41) is 7.14. The predicted molar refractivity (Wildman–Crippen MR) is 93.3 cm³/mol. The van der Waals surface area contributed by atoms with Gasteiger partial charge in [-0.15, -0.1) is 24.0 Å². The van der Waals surface area contributed by atoms with Crippen molar-refractivity contribution in [2.75, 3.05) is 6.54 Å². The molecule has 2 aliphatic rings. The number of hydrogen-bond donors (Lipinski definition) is 2. The lowest BCUT2D eigenvalue weighted by atomic mass is 9.80. The largest absolute Gasteiger partial charge is 0.354 e. The van der Waals surface area contributed by atoms with Crippen LogP contribution in [0.5, 0.6) is 0 Å². The molecule has 2 fully saturated rings. The number of guanidine groups is 1. The minimum atomic E-state index is 0. The third kappa shape index (κ3) is 5.88. The third-order valence-corrected chi connectivity index (χ3v) is 4.29. The van der Waals surface area contributed by atoms with Crippen molar-refractivity contribution < 1.29 is 0 Å². The lowest BCUT2D eigenvalue weighted by molar-refractivity contribution is 0.250. The Bertz CT molecular complexity index is 279. The number of aliphatic imine (C=N–C) groups is 1. The second-order valence-electron chi connectivity index (χ2n) is 6.24. The molecule has 2 aliphatic carbocycles. The van der Waals surface area contributed by atoms with Crippen molar-refractivity contribution in [3.8, 4) is 0 Å². The van der Waals surface area contributed by atoms with E-state index in [0.717, 1.165) is 24.3 Å². The smallest absolute Gasteiger partial charge is 0.191 e. The highest BCUT2D eigenvalue weighted by Crippen LogP contribution is 2.29. The first-order valence-electron chi connectivity index (χ1n) is 7.76. The van der Waals surface area contributed by atoms with Crippen LogP contribution in [-0.2, 0) is 0 Å². The summed E-state index contributed by atoms with van der Waals surface area (Å²) in [7, 11) is 0. The van der Waals surface area contributed by atoms with Crippen LogP contribution in [0.2, 0.25) is 0 Å². The Labute approximate surface area is 135 Å². The molecule has 0 aromatic carbocycles. The molecule has 4 heteroatoms. The Hall–Kier alpha value is 0. The van der Waals surface area contributed by atoms with Crippen LogP contribution in [0, 0.1) is 11.8 Å². The van der Waals surface area contributed by atoms with Crippen LogP contribution in [0.25, 0.3) is 0 Å². The van der Waals surface area contributed by atoms with E-state index in [1.807, 2.05) is 0 Å². The molecule has 0 heterocycles. The van der Waals surface area contributed by atoms with E-state index in [1.54, 1.807) is 0 Å². The molecule has 112 valence electrons. The second kappa shape index (κ2) is 8.32. The van der Waals surface area contributed by atoms with Gasteiger partial charge in [-0.3, -0.25) is 4.99 Å². The zero-order valence-electron chi connectivity index (χ0n) is 12.6. The minimum Gasteiger partial charge on any atom is -0.354 e. The van der Waals surface area contributed by atoms with Gasteiger partial charge in [0.25, 0.3) is 0 Å². The topological polar surface area (TPSA) is 36.4 Å². The molecule has 0 unspecified atom stereocenters. The molecule has 0 atom stereocenters. The number of halogens is 1. The maximum absolute atomic E-state index is 4.55. The van der Waals surface area contributed by atoms with Crippen molar-refractivity contribution >= 4 is 29.9 Å². The van der Waals surface area contributed by atoms with Gasteiger partial charge in [0.2, 0.25) is 0 Å². The highest BCUT2D eigenvalue weighted by molar-refractivity contribution is 14.0. The van der Waals surface area contributed by atoms with E-state index in [-0.39, 0.29) is 24.0 Å². The van der Waals surface area contributed by atoms with E-state index in [4.69, 9.17) is 0 Å². The van der Waals surface area contributed by atoms with Gasteiger partial charge in [0, 0.05) is 18.6 Å². The van der Waals surface area contributed by atoms with Gasteiger partial charge in [-0.05, 0) is 57.3 Å². The quantitative estimate of drug-likeness (QED) is 0.445. The van der Waals surface area contributed by atoms with Crippen molar-refractivity contribution in [3.05, 3.63) is 0 Å². The van der Waals surface area contributed by atoms with Crippen LogP contribution in [0.3, 0.4) is 0 Å². The van der Waals surface area contributed by atoms with E-state index in [9.17, 15) is 0 Å². The molecule has 0 bridgehead atoms. The van der Waals surface area contributed by atoms with Gasteiger partial charge in [-0.1, -0.05) is 13.8 Å². The molecule has 19 heavy (non-hydrogen) atoms. The van der Waals surface area contributed by atoms with E-state index in [2.05, 4.69) is 36.4 Å². The Kier molecular flexibility index (Phi) is 7.47. The van der Waals surface area contributed by atoms with Crippen LogP contribution in [0.15, 0.2) is 4.99 Å². The van der Waals surface area contributed by atoms with Crippen LogP contribution in [0.4, 0.5) is 0 Å². The molecule has 0 aromatic rings. The Balaban J connectivity index is 0.00000180. The maximum atomic E-state index is 4.55. The molecular weight excluding hydrogens is 349 g/mol. The average Bonchev–Trinajstić information content (AvgIpc) is 3.14. The molecule has 2 N–H and O–H groups in total. The lowest BCUT2D eigenvalue weighted by Crippen LogP contribution is -2.46. The number of hydrogen-bond acceptors (Lipinski definition) is 1. The summed E-state index contributed by atoms with van der Waals surface area (Å²) in [4.78, 5) is 4.55. The molecule has 0 spiro atoms. The van der Waals surface area contributed by atoms with Crippen molar-refractivity contribution in [1.29, 1.82) is 0 Å². The minimum absolute atomic E-state index is 0. The Morgan fingerprint density at radius 3 is 1.84 bits per heavy atom. The Morgan fingerprint density at radius 2 is 1.47 bits per heavy atom. The summed E-state index contributed by atoms with van der Waals surface area (Å²) in [5.41, 5.74) is 0. The van der Waals surface area contributed by atoms with E-state index >= 15 is 0 Å². The maximum Gasteiger partial charge on any atom is 0.191 e. The molecule has 3 nitrogen and oxygen atoms in total. The zero-order valence-corrected chi connectivity index (χ0v) is 14.9. The van der Waals surface area contributed by atoms with Crippen molar-refractivity contribution in [1.82, 2.24) is 10.6 Å². The first-order chi connectivity index (χ1) is 8.69. The first kappa shape index (κ1) is 17.1.